The van der Waals surface area contributed by atoms with Gasteiger partial charge in [0.05, 0.1) is 24.4 Å². The molecule has 0 spiro atoms. The molecule has 1 aliphatic heterocycles. The van der Waals surface area contributed by atoms with E-state index < -0.39 is 0 Å². The highest BCUT2D eigenvalue weighted by Crippen LogP contribution is 2.35. The summed E-state index contributed by atoms with van der Waals surface area (Å²) < 4.78 is 5.41. The van der Waals surface area contributed by atoms with Crippen molar-refractivity contribution >= 4 is 55.4 Å². The molecule has 3 N–H and O–H groups in total. The zero-order valence-electron chi connectivity index (χ0n) is 17.4. The number of morpholine rings is 1. The van der Waals surface area contributed by atoms with E-state index in [0.717, 1.165) is 65.2 Å². The molecule has 3 heterocycles. The molecule has 0 unspecified atom stereocenters. The number of nitrogens with two attached hydrogens (primary N) is 1. The monoisotopic (exact) mass is 432 g/mol. The van der Waals surface area contributed by atoms with Crippen LogP contribution in [-0.2, 0) is 11.2 Å². The number of thiophene rings is 1. The number of ether oxygens (including phenoxy) is 1. The molecule has 4 aromatic rings. The van der Waals surface area contributed by atoms with Crippen LogP contribution in [0.4, 0.5) is 17.1 Å². The number of hydrogen-bond donors (Lipinski definition) is 2. The van der Waals surface area contributed by atoms with Crippen molar-refractivity contribution in [3.05, 3.63) is 59.0 Å². The molecule has 1 aliphatic rings. The van der Waals surface area contributed by atoms with Crippen molar-refractivity contribution in [2.45, 2.75) is 13.3 Å². The number of hydrogen-bond acceptors (Lipinski definition) is 6. The molecule has 0 atom stereocenters. The number of para-hydroxylation sites is 1. The van der Waals surface area contributed by atoms with Gasteiger partial charge in [0.15, 0.2) is 0 Å². The molecule has 1 amide bonds. The molecular formula is C24H24N4O2S. The van der Waals surface area contributed by atoms with Crippen LogP contribution in [0.2, 0.25) is 0 Å². The SMILES string of the molecule is CCc1cccc2cc3c(N)c(C(=O)Nc4ccc(N5CCOCC5)cc4)sc3nc12. The summed E-state index contributed by atoms with van der Waals surface area (Å²) in [7, 11) is 0. The van der Waals surface area contributed by atoms with Crippen LogP contribution in [0.5, 0.6) is 0 Å². The predicted octanol–water partition coefficient (Wildman–Crippen LogP) is 4.68. The molecule has 0 radical (unpaired) electrons. The Morgan fingerprint density at radius 3 is 2.71 bits per heavy atom. The van der Waals surface area contributed by atoms with Crippen molar-refractivity contribution < 1.29 is 9.53 Å². The number of nitrogens with one attached hydrogen (secondary N) is 1. The number of rotatable bonds is 4. The fourth-order valence-corrected chi connectivity index (χ4v) is 4.98. The Hall–Kier alpha value is -3.16. The number of nitrogens with zero attached hydrogens (tertiary/aromatic N) is 2. The fraction of sp³-hybridized carbons (Fsp3) is 0.250. The van der Waals surface area contributed by atoms with Gasteiger partial charge < -0.3 is 20.7 Å². The maximum atomic E-state index is 13.0. The molecule has 5 rings (SSSR count). The van der Waals surface area contributed by atoms with E-state index in [2.05, 4.69) is 23.2 Å². The topological polar surface area (TPSA) is 80.5 Å². The van der Waals surface area contributed by atoms with Crippen LogP contribution in [-0.4, -0.2) is 37.2 Å². The first-order valence-corrected chi connectivity index (χ1v) is 11.3. The molecule has 2 aromatic carbocycles. The van der Waals surface area contributed by atoms with Crippen molar-refractivity contribution in [2.24, 2.45) is 0 Å². The number of pyridine rings is 1. The number of carbonyl (C=O) groups excluding carboxylic acids is 1. The van der Waals surface area contributed by atoms with E-state index >= 15 is 0 Å². The molecule has 1 saturated heterocycles. The largest absolute Gasteiger partial charge is 0.397 e. The normalized spacial score (nSPS) is 14.3. The lowest BCUT2D eigenvalue weighted by Crippen LogP contribution is -2.36. The molecule has 0 bridgehead atoms. The number of carbonyl (C=O) groups is 1. The molecule has 0 saturated carbocycles. The smallest absolute Gasteiger partial charge is 0.267 e. The standard InChI is InChI=1S/C24H24N4O2S/c1-2-15-4-3-5-16-14-19-20(25)22(31-24(19)27-21(15)16)23(29)26-17-6-8-18(9-7-17)28-10-12-30-13-11-28/h3-9,14H,2,10-13,25H2,1H3,(H,26,29). The number of fused-ring (bicyclic) bond motifs is 2. The van der Waals surface area contributed by atoms with Crippen molar-refractivity contribution in [3.8, 4) is 0 Å². The Balaban J connectivity index is 1.41. The highest BCUT2D eigenvalue weighted by Gasteiger charge is 2.19. The van der Waals surface area contributed by atoms with E-state index in [4.69, 9.17) is 15.5 Å². The lowest BCUT2D eigenvalue weighted by Gasteiger charge is -2.28. The van der Waals surface area contributed by atoms with Crippen LogP contribution in [0.3, 0.4) is 0 Å². The van der Waals surface area contributed by atoms with Gasteiger partial charge in [0.1, 0.15) is 9.71 Å². The molecular weight excluding hydrogens is 408 g/mol. The number of aromatic nitrogens is 1. The van der Waals surface area contributed by atoms with Gasteiger partial charge >= 0.3 is 0 Å². The van der Waals surface area contributed by atoms with Crippen LogP contribution >= 0.6 is 11.3 Å². The van der Waals surface area contributed by atoms with E-state index in [9.17, 15) is 4.79 Å². The van der Waals surface area contributed by atoms with Crippen molar-refractivity contribution in [1.29, 1.82) is 0 Å². The Labute approximate surface area is 184 Å². The van der Waals surface area contributed by atoms with Gasteiger partial charge in [-0.15, -0.1) is 11.3 Å². The second kappa shape index (κ2) is 8.17. The molecule has 6 nitrogen and oxygen atoms in total. The van der Waals surface area contributed by atoms with Crippen molar-refractivity contribution in [2.75, 3.05) is 42.3 Å². The molecule has 158 valence electrons. The fourth-order valence-electron chi connectivity index (χ4n) is 4.01. The van der Waals surface area contributed by atoms with Crippen LogP contribution < -0.4 is 16.0 Å². The van der Waals surface area contributed by atoms with E-state index in [0.29, 0.717) is 10.6 Å². The van der Waals surface area contributed by atoms with Crippen molar-refractivity contribution in [1.82, 2.24) is 4.98 Å². The Morgan fingerprint density at radius 2 is 1.97 bits per heavy atom. The quantitative estimate of drug-likeness (QED) is 0.489. The lowest BCUT2D eigenvalue weighted by atomic mass is 10.1. The van der Waals surface area contributed by atoms with Crippen molar-refractivity contribution in [3.63, 3.8) is 0 Å². The molecule has 31 heavy (non-hydrogen) atoms. The van der Waals surface area contributed by atoms with Gasteiger partial charge in [0, 0.05) is 35.2 Å². The third-order valence-electron chi connectivity index (χ3n) is 5.72. The first-order valence-electron chi connectivity index (χ1n) is 10.5. The van der Waals surface area contributed by atoms with E-state index in [-0.39, 0.29) is 5.91 Å². The van der Waals surface area contributed by atoms with Crippen LogP contribution in [0.15, 0.2) is 48.5 Å². The Kier molecular flexibility index (Phi) is 5.21. The van der Waals surface area contributed by atoms with Gasteiger partial charge in [-0.2, -0.15) is 0 Å². The Morgan fingerprint density at radius 1 is 1.19 bits per heavy atom. The summed E-state index contributed by atoms with van der Waals surface area (Å²) in [6.07, 6.45) is 0.907. The average Bonchev–Trinajstić information content (AvgIpc) is 3.14. The number of nitrogen functional groups attached to an aromatic ring is 1. The van der Waals surface area contributed by atoms with Crippen LogP contribution in [0.25, 0.3) is 21.1 Å². The van der Waals surface area contributed by atoms with Gasteiger partial charge in [-0.05, 0) is 42.3 Å². The number of benzene rings is 2. The zero-order chi connectivity index (χ0) is 21.4. The third kappa shape index (κ3) is 3.71. The van der Waals surface area contributed by atoms with E-state index in [1.165, 1.54) is 16.9 Å². The summed E-state index contributed by atoms with van der Waals surface area (Å²) in [5, 5.41) is 4.85. The molecule has 2 aromatic heterocycles. The second-order valence-corrected chi connectivity index (χ2v) is 8.63. The summed E-state index contributed by atoms with van der Waals surface area (Å²) in [6, 6.07) is 16.1. The summed E-state index contributed by atoms with van der Waals surface area (Å²) in [4.78, 5) is 21.4. The lowest BCUT2D eigenvalue weighted by molar-refractivity contribution is 0.103. The summed E-state index contributed by atoms with van der Waals surface area (Å²) in [6.45, 7) is 5.36. The molecule has 0 aliphatic carbocycles. The zero-order valence-corrected chi connectivity index (χ0v) is 18.2. The first kappa shape index (κ1) is 19.8. The highest BCUT2D eigenvalue weighted by atomic mass is 32.1. The number of aryl methyl sites for hydroxylation is 1. The maximum absolute atomic E-state index is 13.0. The summed E-state index contributed by atoms with van der Waals surface area (Å²) >= 11 is 1.34. The van der Waals surface area contributed by atoms with Crippen LogP contribution in [0.1, 0.15) is 22.2 Å². The summed E-state index contributed by atoms with van der Waals surface area (Å²) in [5.41, 5.74) is 10.9. The van der Waals surface area contributed by atoms with Gasteiger partial charge in [0.2, 0.25) is 0 Å². The van der Waals surface area contributed by atoms with Gasteiger partial charge in [0.25, 0.3) is 5.91 Å². The minimum Gasteiger partial charge on any atom is -0.397 e. The van der Waals surface area contributed by atoms with Gasteiger partial charge in [-0.3, -0.25) is 4.79 Å². The maximum Gasteiger partial charge on any atom is 0.267 e. The van der Waals surface area contributed by atoms with Crippen LogP contribution in [0, 0.1) is 0 Å². The van der Waals surface area contributed by atoms with Gasteiger partial charge in [-0.25, -0.2) is 4.98 Å². The molecule has 1 fully saturated rings. The van der Waals surface area contributed by atoms with E-state index in [1.54, 1.807) is 0 Å². The first-order chi connectivity index (χ1) is 15.1. The Bertz CT molecular complexity index is 1260. The summed E-state index contributed by atoms with van der Waals surface area (Å²) in [5.74, 6) is -0.209. The predicted molar refractivity (Wildman–Crippen MR) is 128 cm³/mol. The number of amides is 1. The number of anilines is 3. The average molecular weight is 433 g/mol. The minimum absolute atomic E-state index is 0.209. The van der Waals surface area contributed by atoms with E-state index in [1.807, 2.05) is 42.5 Å². The van der Waals surface area contributed by atoms with Gasteiger partial charge in [-0.1, -0.05) is 25.1 Å². The highest BCUT2D eigenvalue weighted by molar-refractivity contribution is 7.21. The minimum atomic E-state index is -0.209. The second-order valence-electron chi connectivity index (χ2n) is 7.63. The third-order valence-corrected chi connectivity index (χ3v) is 6.83. The molecule has 7 heteroatoms.